The minimum atomic E-state index is -0.281. The van der Waals surface area contributed by atoms with Gasteiger partial charge in [0.25, 0.3) is 0 Å². The number of rotatable bonds is 8. The van der Waals surface area contributed by atoms with Crippen LogP contribution in [-0.2, 0) is 10.2 Å². The Morgan fingerprint density at radius 1 is 1.21 bits per heavy atom. The lowest BCUT2D eigenvalue weighted by Crippen LogP contribution is -2.47. The molecule has 0 bridgehead atoms. The zero-order valence-electron chi connectivity index (χ0n) is 18.5. The molecule has 162 valence electrons. The summed E-state index contributed by atoms with van der Waals surface area (Å²) in [5, 5.41) is 12.1. The molecule has 1 N–H and O–H groups in total. The van der Waals surface area contributed by atoms with Crippen LogP contribution in [-0.4, -0.2) is 22.3 Å². The minimum absolute atomic E-state index is 0.0108. The molecule has 0 radical (unpaired) electrons. The average molecular weight is 465 g/mol. The Kier molecular flexibility index (Phi) is 7.03. The summed E-state index contributed by atoms with van der Waals surface area (Å²) in [5.74, 6) is 1.80. The molecule has 1 aromatic carbocycles. The Morgan fingerprint density at radius 2 is 1.93 bits per heavy atom. The Bertz CT molecular complexity index is 725. The molecule has 1 saturated carbocycles. The van der Waals surface area contributed by atoms with Crippen molar-refractivity contribution < 1.29 is 14.6 Å². The lowest BCUT2D eigenvalue weighted by Gasteiger charge is -2.48. The Hall–Kier alpha value is -1.03. The van der Waals surface area contributed by atoms with Crippen molar-refractivity contribution in [3.05, 3.63) is 23.3 Å². The van der Waals surface area contributed by atoms with Crippen LogP contribution in [0, 0.1) is 11.8 Å². The van der Waals surface area contributed by atoms with Crippen molar-refractivity contribution in [1.82, 2.24) is 0 Å². The van der Waals surface area contributed by atoms with Crippen molar-refractivity contribution in [2.75, 3.05) is 5.33 Å². The lowest BCUT2D eigenvalue weighted by molar-refractivity contribution is -0.113. The zero-order chi connectivity index (χ0) is 21.2. The normalized spacial score (nSPS) is 25.6. The molecular formula is C25H37BrO3. The lowest BCUT2D eigenvalue weighted by atomic mass is 9.64. The van der Waals surface area contributed by atoms with Crippen molar-refractivity contribution >= 4 is 22.2 Å². The van der Waals surface area contributed by atoms with E-state index in [1.54, 1.807) is 0 Å². The van der Waals surface area contributed by atoms with E-state index in [1.165, 1.54) is 25.7 Å². The van der Waals surface area contributed by atoms with Crippen molar-refractivity contribution in [3.63, 3.8) is 0 Å². The summed E-state index contributed by atoms with van der Waals surface area (Å²) in [4.78, 5) is 11.4. The van der Waals surface area contributed by atoms with Gasteiger partial charge in [-0.3, -0.25) is 0 Å². The number of phenolic OH excluding ortho intramolecular Hbond substituents is 1. The van der Waals surface area contributed by atoms with Crippen LogP contribution in [0.25, 0.3) is 0 Å². The number of ether oxygens (including phenoxy) is 1. The summed E-state index contributed by atoms with van der Waals surface area (Å²) >= 11 is 3.50. The van der Waals surface area contributed by atoms with E-state index in [0.29, 0.717) is 11.7 Å². The molecule has 0 amide bonds. The Balaban J connectivity index is 1.86. The van der Waals surface area contributed by atoms with Crippen molar-refractivity contribution in [3.8, 4) is 11.5 Å². The Morgan fingerprint density at radius 3 is 2.62 bits per heavy atom. The molecule has 2 aliphatic rings. The monoisotopic (exact) mass is 464 g/mol. The summed E-state index contributed by atoms with van der Waals surface area (Å²) in [7, 11) is 0. The maximum atomic E-state index is 11.4. The van der Waals surface area contributed by atoms with E-state index in [1.807, 2.05) is 6.07 Å². The van der Waals surface area contributed by atoms with Gasteiger partial charge in [0.15, 0.2) is 0 Å². The van der Waals surface area contributed by atoms with Crippen LogP contribution in [0.15, 0.2) is 12.1 Å². The van der Waals surface area contributed by atoms with E-state index in [4.69, 9.17) is 4.74 Å². The summed E-state index contributed by atoms with van der Waals surface area (Å²) in [6, 6.07) is 4.12. The van der Waals surface area contributed by atoms with Crippen LogP contribution in [0.4, 0.5) is 0 Å². The molecule has 1 heterocycles. The highest BCUT2D eigenvalue weighted by molar-refractivity contribution is 9.09. The SMILES string of the molecule is CC(C)(CCCCCCBr)c1cc(O)c2c(c1)OC(C)(C)[C@@H]1CC[C@@H](C=O)C[C@@H]21. The molecule has 3 rings (SSSR count). The molecule has 3 atom stereocenters. The third-order valence-corrected chi connectivity index (χ3v) is 7.87. The van der Waals surface area contributed by atoms with E-state index in [2.05, 4.69) is 49.7 Å². The van der Waals surface area contributed by atoms with Crippen LogP contribution in [0.1, 0.15) is 96.1 Å². The molecule has 1 aliphatic carbocycles. The van der Waals surface area contributed by atoms with Crippen LogP contribution in [0.3, 0.4) is 0 Å². The Labute approximate surface area is 184 Å². The molecule has 0 spiro atoms. The van der Waals surface area contributed by atoms with Crippen molar-refractivity contribution in [2.24, 2.45) is 11.8 Å². The van der Waals surface area contributed by atoms with E-state index in [0.717, 1.165) is 54.2 Å². The number of aldehydes is 1. The number of hydrogen-bond acceptors (Lipinski definition) is 3. The highest BCUT2D eigenvalue weighted by atomic mass is 79.9. The van der Waals surface area contributed by atoms with Gasteiger partial charge in [-0.15, -0.1) is 0 Å². The molecule has 0 saturated heterocycles. The molecule has 1 fully saturated rings. The number of hydrogen-bond donors (Lipinski definition) is 1. The highest BCUT2D eigenvalue weighted by Crippen LogP contribution is 2.55. The van der Waals surface area contributed by atoms with Crippen molar-refractivity contribution in [2.45, 2.75) is 96.0 Å². The number of benzene rings is 1. The van der Waals surface area contributed by atoms with Gasteiger partial charge in [-0.25, -0.2) is 0 Å². The molecule has 1 aliphatic heterocycles. The van der Waals surface area contributed by atoms with Crippen molar-refractivity contribution in [1.29, 1.82) is 0 Å². The first-order chi connectivity index (χ1) is 13.7. The number of carbonyl (C=O) groups is 1. The second kappa shape index (κ2) is 8.99. The van der Waals surface area contributed by atoms with Gasteiger partial charge < -0.3 is 14.6 Å². The quantitative estimate of drug-likeness (QED) is 0.259. The van der Waals surface area contributed by atoms with Gasteiger partial charge >= 0.3 is 0 Å². The number of alkyl halides is 1. The molecule has 29 heavy (non-hydrogen) atoms. The van der Waals surface area contributed by atoms with Gasteiger partial charge in [0, 0.05) is 22.7 Å². The molecular weight excluding hydrogens is 428 g/mol. The first-order valence-electron chi connectivity index (χ1n) is 11.3. The summed E-state index contributed by atoms with van der Waals surface area (Å²) in [6.45, 7) is 8.85. The fourth-order valence-corrected chi connectivity index (χ4v) is 5.85. The second-order valence-electron chi connectivity index (χ2n) is 10.3. The maximum Gasteiger partial charge on any atom is 0.127 e. The first-order valence-corrected chi connectivity index (χ1v) is 12.4. The predicted octanol–water partition coefficient (Wildman–Crippen LogP) is 6.89. The van der Waals surface area contributed by atoms with Crippen LogP contribution in [0.2, 0.25) is 0 Å². The first kappa shape index (κ1) is 22.7. The van der Waals surface area contributed by atoms with E-state index in [-0.39, 0.29) is 22.9 Å². The second-order valence-corrected chi connectivity index (χ2v) is 11.1. The number of carbonyl (C=O) groups excluding carboxylic acids is 1. The van der Waals surface area contributed by atoms with Gasteiger partial charge in [0.1, 0.15) is 23.4 Å². The number of aromatic hydroxyl groups is 1. The smallest absolute Gasteiger partial charge is 0.127 e. The van der Waals surface area contributed by atoms with E-state index >= 15 is 0 Å². The third-order valence-electron chi connectivity index (χ3n) is 7.31. The fourth-order valence-electron chi connectivity index (χ4n) is 5.46. The van der Waals surface area contributed by atoms with Gasteiger partial charge in [-0.1, -0.05) is 49.0 Å². The van der Waals surface area contributed by atoms with Gasteiger partial charge in [0.05, 0.1) is 0 Å². The van der Waals surface area contributed by atoms with E-state index in [9.17, 15) is 9.90 Å². The van der Waals surface area contributed by atoms with Gasteiger partial charge in [-0.05, 0) is 75.0 Å². The standard InChI is InChI=1S/C25H37BrO3/c1-24(2,11-7-5-6-8-12-26)18-14-21(28)23-19-13-17(16-27)9-10-20(19)25(3,4)29-22(23)15-18/h14-17,19-20,28H,5-13H2,1-4H3/t17-,19-,20-/m1/s1. The average Bonchev–Trinajstić information content (AvgIpc) is 2.66. The number of phenols is 1. The van der Waals surface area contributed by atoms with E-state index < -0.39 is 0 Å². The largest absolute Gasteiger partial charge is 0.508 e. The fraction of sp³-hybridized carbons (Fsp3) is 0.720. The summed E-state index contributed by atoms with van der Waals surface area (Å²) < 4.78 is 6.48. The molecule has 0 unspecified atom stereocenters. The molecule has 4 heteroatoms. The number of fused-ring (bicyclic) bond motifs is 3. The van der Waals surface area contributed by atoms with Crippen LogP contribution >= 0.6 is 15.9 Å². The summed E-state index contributed by atoms with van der Waals surface area (Å²) in [6.07, 6.45) is 9.83. The maximum absolute atomic E-state index is 11.4. The number of unbranched alkanes of at least 4 members (excludes halogenated alkanes) is 3. The highest BCUT2D eigenvalue weighted by Gasteiger charge is 2.48. The summed E-state index contributed by atoms with van der Waals surface area (Å²) in [5.41, 5.74) is 1.78. The zero-order valence-corrected chi connectivity index (χ0v) is 20.1. The third kappa shape index (κ3) is 4.84. The molecule has 1 aromatic rings. The predicted molar refractivity (Wildman–Crippen MR) is 122 cm³/mol. The number of halogens is 1. The van der Waals surface area contributed by atoms with Gasteiger partial charge in [0.2, 0.25) is 0 Å². The van der Waals surface area contributed by atoms with Gasteiger partial charge in [-0.2, -0.15) is 0 Å². The molecule has 0 aromatic heterocycles. The minimum Gasteiger partial charge on any atom is -0.508 e. The van der Waals surface area contributed by atoms with Crippen LogP contribution in [0.5, 0.6) is 11.5 Å². The topological polar surface area (TPSA) is 46.5 Å². The van der Waals surface area contributed by atoms with Crippen LogP contribution < -0.4 is 4.74 Å². The molecule has 3 nitrogen and oxygen atoms in total.